The van der Waals surface area contributed by atoms with Crippen molar-refractivity contribution in [1.29, 1.82) is 0 Å². The van der Waals surface area contributed by atoms with Gasteiger partial charge in [-0.2, -0.15) is 0 Å². The molecular weight excluding hydrogens is 220 g/mol. The molecule has 0 saturated carbocycles. The molecule has 0 atom stereocenters. The van der Waals surface area contributed by atoms with Crippen LogP contribution in [0.1, 0.15) is 19.4 Å². The summed E-state index contributed by atoms with van der Waals surface area (Å²) in [6.07, 6.45) is 0. The number of nitrogens with two attached hydrogens (primary N) is 1. The van der Waals surface area contributed by atoms with Crippen molar-refractivity contribution < 1.29 is 8.78 Å². The van der Waals surface area contributed by atoms with Gasteiger partial charge in [0.2, 0.25) is 0 Å². The average molecular weight is 230 g/mol. The summed E-state index contributed by atoms with van der Waals surface area (Å²) in [7, 11) is 0. The monoisotopic (exact) mass is 229 g/mol. The zero-order valence-electron chi connectivity index (χ0n) is 8.37. The third kappa shape index (κ3) is 3.50. The molecule has 1 aromatic carbocycles. The minimum absolute atomic E-state index is 0.0747. The van der Waals surface area contributed by atoms with Crippen molar-refractivity contribution in [3.63, 3.8) is 0 Å². The Morgan fingerprint density at radius 3 is 2.33 bits per heavy atom. The average Bonchev–Trinajstić information content (AvgIpc) is 2.07. The third-order valence-electron chi connectivity index (χ3n) is 1.53. The molecule has 2 N–H and O–H groups in total. The fourth-order valence-electron chi connectivity index (χ4n) is 0.847. The molecule has 0 spiro atoms. The first-order chi connectivity index (χ1) is 6.79. The van der Waals surface area contributed by atoms with Gasteiger partial charge >= 0.3 is 0 Å². The van der Waals surface area contributed by atoms with E-state index < -0.39 is 17.2 Å². The molecule has 0 saturated heterocycles. The summed E-state index contributed by atoms with van der Waals surface area (Å²) in [4.78, 5) is 0. The molecule has 0 amide bonds. The van der Waals surface area contributed by atoms with E-state index in [0.717, 1.165) is 12.1 Å². The van der Waals surface area contributed by atoms with Gasteiger partial charge in [0.25, 0.3) is 0 Å². The molecule has 1 nitrogen and oxygen atoms in total. The van der Waals surface area contributed by atoms with E-state index in [1.807, 2.05) is 0 Å². The van der Waals surface area contributed by atoms with E-state index in [1.54, 1.807) is 13.8 Å². The van der Waals surface area contributed by atoms with Gasteiger partial charge in [0, 0.05) is 5.56 Å². The molecule has 0 fully saturated rings. The van der Waals surface area contributed by atoms with Crippen LogP contribution in [0.3, 0.4) is 0 Å². The fraction of sp³-hybridized carbons (Fsp3) is 0.273. The number of hydrogen-bond donors (Lipinski definition) is 1. The Morgan fingerprint density at radius 2 is 1.80 bits per heavy atom. The molecule has 0 aliphatic carbocycles. The van der Waals surface area contributed by atoms with Crippen LogP contribution in [0.15, 0.2) is 12.1 Å². The Hall–Kier alpha value is -1.11. The minimum atomic E-state index is -0.988. The molecule has 0 heterocycles. The zero-order valence-corrected chi connectivity index (χ0v) is 9.12. The molecule has 0 aromatic heterocycles. The maximum Gasteiger partial charge on any atom is 0.160 e. The smallest absolute Gasteiger partial charge is 0.160 e. The van der Waals surface area contributed by atoms with E-state index in [-0.39, 0.29) is 10.6 Å². The summed E-state index contributed by atoms with van der Waals surface area (Å²) in [5.41, 5.74) is 5.15. The van der Waals surface area contributed by atoms with Crippen molar-refractivity contribution in [3.8, 4) is 11.8 Å². The van der Waals surface area contributed by atoms with Crippen LogP contribution >= 0.6 is 11.6 Å². The highest BCUT2D eigenvalue weighted by Gasteiger charge is 2.08. The molecule has 0 aliphatic rings. The Labute approximate surface area is 92.2 Å². The van der Waals surface area contributed by atoms with Crippen molar-refractivity contribution in [2.75, 3.05) is 0 Å². The topological polar surface area (TPSA) is 26.0 Å². The van der Waals surface area contributed by atoms with Crippen LogP contribution in [0.5, 0.6) is 0 Å². The van der Waals surface area contributed by atoms with Gasteiger partial charge in [-0.05, 0) is 26.0 Å². The standard InChI is InChI=1S/C11H10ClF2N/c1-11(2,15)4-3-7-5-9(13)10(14)6-8(7)12/h5-6H,15H2,1-2H3. The summed E-state index contributed by atoms with van der Waals surface area (Å²) < 4.78 is 25.5. The van der Waals surface area contributed by atoms with E-state index in [9.17, 15) is 8.78 Å². The van der Waals surface area contributed by atoms with Gasteiger partial charge < -0.3 is 5.73 Å². The molecule has 80 valence electrons. The molecular formula is C11H10ClF2N. The first kappa shape index (κ1) is 12.0. The Morgan fingerprint density at radius 1 is 1.27 bits per heavy atom. The second-order valence-electron chi connectivity index (χ2n) is 3.72. The van der Waals surface area contributed by atoms with Crippen molar-refractivity contribution in [1.82, 2.24) is 0 Å². The van der Waals surface area contributed by atoms with Gasteiger partial charge in [-0.1, -0.05) is 23.4 Å². The van der Waals surface area contributed by atoms with Crippen LogP contribution in [0.2, 0.25) is 5.02 Å². The number of rotatable bonds is 0. The lowest BCUT2D eigenvalue weighted by Crippen LogP contribution is -2.29. The van der Waals surface area contributed by atoms with Crippen molar-refractivity contribution >= 4 is 11.6 Å². The summed E-state index contributed by atoms with van der Waals surface area (Å²) in [5, 5.41) is 0.0747. The molecule has 1 aromatic rings. The zero-order chi connectivity index (χ0) is 11.6. The van der Waals surface area contributed by atoms with Gasteiger partial charge in [0.15, 0.2) is 11.6 Å². The van der Waals surface area contributed by atoms with Crippen molar-refractivity contribution in [3.05, 3.63) is 34.4 Å². The van der Waals surface area contributed by atoms with Crippen molar-refractivity contribution in [2.24, 2.45) is 5.73 Å². The van der Waals surface area contributed by atoms with Crippen LogP contribution in [0.4, 0.5) is 8.78 Å². The van der Waals surface area contributed by atoms with Gasteiger partial charge in [0.1, 0.15) is 0 Å². The van der Waals surface area contributed by atoms with Gasteiger partial charge in [-0.15, -0.1) is 0 Å². The van der Waals surface area contributed by atoms with E-state index in [4.69, 9.17) is 17.3 Å². The van der Waals surface area contributed by atoms with Crippen molar-refractivity contribution in [2.45, 2.75) is 19.4 Å². The second kappa shape index (κ2) is 4.18. The Bertz CT molecular complexity index is 438. The van der Waals surface area contributed by atoms with Crippen LogP contribution in [-0.4, -0.2) is 5.54 Å². The summed E-state index contributed by atoms with van der Waals surface area (Å²) in [5.74, 6) is 3.33. The minimum Gasteiger partial charge on any atom is -0.316 e. The maximum absolute atomic E-state index is 12.8. The van der Waals surface area contributed by atoms with Crippen LogP contribution in [0, 0.1) is 23.5 Å². The first-order valence-electron chi connectivity index (χ1n) is 4.26. The summed E-state index contributed by atoms with van der Waals surface area (Å²) >= 11 is 5.68. The predicted octanol–water partition coefficient (Wildman–Crippen LogP) is 2.71. The van der Waals surface area contributed by atoms with Gasteiger partial charge in [-0.3, -0.25) is 0 Å². The fourth-order valence-corrected chi connectivity index (χ4v) is 1.04. The lowest BCUT2D eigenvalue weighted by atomic mass is 10.1. The molecule has 1 rings (SSSR count). The SMILES string of the molecule is CC(C)(N)C#Cc1cc(F)c(F)cc1Cl. The molecule has 4 heteroatoms. The lowest BCUT2D eigenvalue weighted by Gasteiger charge is -2.07. The Balaban J connectivity index is 3.15. The molecule has 0 unspecified atom stereocenters. The van der Waals surface area contributed by atoms with Gasteiger partial charge in [-0.25, -0.2) is 8.78 Å². The second-order valence-corrected chi connectivity index (χ2v) is 4.13. The lowest BCUT2D eigenvalue weighted by molar-refractivity contribution is 0.508. The molecule has 0 radical (unpaired) electrons. The first-order valence-corrected chi connectivity index (χ1v) is 4.64. The Kier molecular flexibility index (Phi) is 3.33. The molecule has 0 aliphatic heterocycles. The maximum atomic E-state index is 12.8. The van der Waals surface area contributed by atoms with E-state index >= 15 is 0 Å². The summed E-state index contributed by atoms with van der Waals surface area (Å²) in [6.45, 7) is 3.40. The van der Waals surface area contributed by atoms with E-state index in [1.165, 1.54) is 0 Å². The molecule has 15 heavy (non-hydrogen) atoms. The quantitative estimate of drug-likeness (QED) is 0.537. The highest BCUT2D eigenvalue weighted by Crippen LogP contribution is 2.19. The molecule has 0 bridgehead atoms. The number of halogens is 3. The van der Waals surface area contributed by atoms with E-state index in [2.05, 4.69) is 11.8 Å². The van der Waals surface area contributed by atoms with E-state index in [0.29, 0.717) is 0 Å². The van der Waals surface area contributed by atoms with Crippen LogP contribution in [0.25, 0.3) is 0 Å². The number of hydrogen-bond acceptors (Lipinski definition) is 1. The predicted molar refractivity (Wildman–Crippen MR) is 56.5 cm³/mol. The number of benzene rings is 1. The van der Waals surface area contributed by atoms with Crippen LogP contribution < -0.4 is 5.73 Å². The highest BCUT2D eigenvalue weighted by atomic mass is 35.5. The summed E-state index contributed by atoms with van der Waals surface area (Å²) in [6, 6.07) is 1.85. The largest absolute Gasteiger partial charge is 0.316 e. The normalized spacial score (nSPS) is 10.8. The highest BCUT2D eigenvalue weighted by molar-refractivity contribution is 6.31. The van der Waals surface area contributed by atoms with Crippen LogP contribution in [-0.2, 0) is 0 Å². The third-order valence-corrected chi connectivity index (χ3v) is 1.84. The van der Waals surface area contributed by atoms with Gasteiger partial charge in [0.05, 0.1) is 10.6 Å².